The van der Waals surface area contributed by atoms with Gasteiger partial charge in [0.15, 0.2) is 4.80 Å². The van der Waals surface area contributed by atoms with E-state index in [-0.39, 0.29) is 12.2 Å². The first-order chi connectivity index (χ1) is 15.4. The fourth-order valence-electron chi connectivity index (χ4n) is 3.60. The van der Waals surface area contributed by atoms with E-state index in [1.807, 2.05) is 54.6 Å². The second-order valence-electron chi connectivity index (χ2n) is 7.13. The van der Waals surface area contributed by atoms with E-state index in [1.54, 1.807) is 25.5 Å². The van der Waals surface area contributed by atoms with Crippen LogP contribution in [0.5, 0.6) is 5.75 Å². The zero-order valence-corrected chi connectivity index (χ0v) is 20.8. The Hall–Kier alpha value is -2.72. The van der Waals surface area contributed by atoms with Gasteiger partial charge in [0.25, 0.3) is 5.56 Å². The summed E-state index contributed by atoms with van der Waals surface area (Å²) in [4.78, 5) is 31.5. The van der Waals surface area contributed by atoms with E-state index in [0.717, 1.165) is 14.7 Å². The van der Waals surface area contributed by atoms with Gasteiger partial charge in [-0.3, -0.25) is 9.36 Å². The Morgan fingerprint density at radius 2 is 1.88 bits per heavy atom. The normalized spacial score (nSPS) is 15.9. The maximum absolute atomic E-state index is 13.5. The quantitative estimate of drug-likeness (QED) is 0.355. The van der Waals surface area contributed by atoms with E-state index in [4.69, 9.17) is 9.47 Å². The lowest BCUT2D eigenvalue weighted by Crippen LogP contribution is -2.39. The highest BCUT2D eigenvalue weighted by Gasteiger charge is 2.33. The summed E-state index contributed by atoms with van der Waals surface area (Å²) in [6.45, 7) is 3.77. The summed E-state index contributed by atoms with van der Waals surface area (Å²) in [5, 5.41) is 0. The number of esters is 1. The van der Waals surface area contributed by atoms with E-state index in [2.05, 4.69) is 27.6 Å². The van der Waals surface area contributed by atoms with E-state index in [1.165, 1.54) is 11.3 Å². The van der Waals surface area contributed by atoms with Gasteiger partial charge in [0.05, 0.1) is 35.6 Å². The number of benzene rings is 2. The van der Waals surface area contributed by atoms with Gasteiger partial charge in [-0.05, 0) is 77.9 Å². The summed E-state index contributed by atoms with van der Waals surface area (Å²) < 4.78 is 13.8. The van der Waals surface area contributed by atoms with Crippen LogP contribution in [0.15, 0.2) is 69.6 Å². The lowest BCUT2D eigenvalue weighted by molar-refractivity contribution is -0.139. The molecule has 0 unspecified atom stereocenters. The van der Waals surface area contributed by atoms with Crippen molar-refractivity contribution in [2.24, 2.45) is 4.99 Å². The molecule has 1 aliphatic rings. The number of fused-ring (bicyclic) bond motifs is 1. The molecule has 32 heavy (non-hydrogen) atoms. The third kappa shape index (κ3) is 4.29. The van der Waals surface area contributed by atoms with Gasteiger partial charge in [0, 0.05) is 3.57 Å². The maximum Gasteiger partial charge on any atom is 0.338 e. The molecule has 0 N–H and O–H groups in total. The third-order valence-electron chi connectivity index (χ3n) is 5.12. The average molecular weight is 560 g/mol. The van der Waals surface area contributed by atoms with Crippen molar-refractivity contribution in [3.63, 3.8) is 0 Å². The number of carbonyl (C=O) groups is 1. The molecule has 4 rings (SSSR count). The molecule has 0 amide bonds. The molecular formula is C24H21IN2O4S. The number of hydrogen-bond donors (Lipinski definition) is 0. The molecule has 2 aromatic carbocycles. The topological polar surface area (TPSA) is 69.9 Å². The minimum atomic E-state index is -0.630. The molecule has 0 fully saturated rings. The lowest BCUT2D eigenvalue weighted by atomic mass is 9.96. The Kier molecular flexibility index (Phi) is 6.61. The van der Waals surface area contributed by atoms with Gasteiger partial charge in [-0.15, -0.1) is 0 Å². The number of thiazole rings is 1. The standard InChI is InChI=1S/C24H21IN2O4S/c1-4-31-23(29)20-14(2)26-24-27(21(20)16-7-11-18(30-3)12-8-16)22(28)19(32-24)13-15-5-9-17(25)10-6-15/h5-13,21H,4H2,1-3H3/b19-13+/t21-/m0/s1. The molecule has 0 bridgehead atoms. The number of aromatic nitrogens is 1. The zero-order chi connectivity index (χ0) is 22.8. The molecule has 0 radical (unpaired) electrons. The van der Waals surface area contributed by atoms with E-state index in [9.17, 15) is 9.59 Å². The second-order valence-corrected chi connectivity index (χ2v) is 9.38. The highest BCUT2D eigenvalue weighted by molar-refractivity contribution is 14.1. The molecule has 1 aliphatic heterocycles. The molecule has 2 heterocycles. The summed E-state index contributed by atoms with van der Waals surface area (Å²) in [5.74, 6) is 0.222. The van der Waals surface area contributed by atoms with Crippen molar-refractivity contribution in [3.8, 4) is 5.75 Å². The SMILES string of the molecule is CCOC(=O)C1=C(C)N=c2s/c(=C/c3ccc(I)cc3)c(=O)n2[C@H]1c1ccc(OC)cc1. The van der Waals surface area contributed by atoms with Gasteiger partial charge in [0.1, 0.15) is 5.75 Å². The number of nitrogens with zero attached hydrogens (tertiary/aromatic N) is 2. The molecule has 164 valence electrons. The van der Waals surface area contributed by atoms with E-state index in [0.29, 0.717) is 26.4 Å². The molecular weight excluding hydrogens is 539 g/mol. The van der Waals surface area contributed by atoms with Crippen molar-refractivity contribution in [2.75, 3.05) is 13.7 Å². The van der Waals surface area contributed by atoms with E-state index >= 15 is 0 Å². The Morgan fingerprint density at radius 3 is 2.50 bits per heavy atom. The molecule has 0 saturated heterocycles. The molecule has 6 nitrogen and oxygen atoms in total. The van der Waals surface area contributed by atoms with Gasteiger partial charge in [-0.25, -0.2) is 9.79 Å². The van der Waals surface area contributed by atoms with Crippen molar-refractivity contribution >= 4 is 46.0 Å². The minimum absolute atomic E-state index is 0.192. The van der Waals surface area contributed by atoms with Crippen molar-refractivity contribution in [2.45, 2.75) is 19.9 Å². The van der Waals surface area contributed by atoms with Gasteiger partial charge in [0.2, 0.25) is 0 Å². The summed E-state index contributed by atoms with van der Waals surface area (Å²) in [5.41, 5.74) is 2.43. The lowest BCUT2D eigenvalue weighted by Gasteiger charge is -2.24. The minimum Gasteiger partial charge on any atom is -0.497 e. The van der Waals surface area contributed by atoms with Crippen LogP contribution in [0.4, 0.5) is 0 Å². The summed E-state index contributed by atoms with van der Waals surface area (Å²) in [7, 11) is 1.59. The van der Waals surface area contributed by atoms with Gasteiger partial charge >= 0.3 is 5.97 Å². The van der Waals surface area contributed by atoms with Crippen molar-refractivity contribution in [1.29, 1.82) is 0 Å². The highest BCUT2D eigenvalue weighted by Crippen LogP contribution is 2.31. The predicted molar refractivity (Wildman–Crippen MR) is 133 cm³/mol. The Morgan fingerprint density at radius 1 is 1.19 bits per heavy atom. The Bertz CT molecular complexity index is 1370. The van der Waals surface area contributed by atoms with Crippen LogP contribution < -0.4 is 19.6 Å². The fraction of sp³-hybridized carbons (Fsp3) is 0.208. The van der Waals surface area contributed by atoms with Crippen LogP contribution >= 0.6 is 33.9 Å². The van der Waals surface area contributed by atoms with Crippen LogP contribution in [-0.2, 0) is 9.53 Å². The zero-order valence-electron chi connectivity index (χ0n) is 17.8. The molecule has 0 spiro atoms. The first-order valence-corrected chi connectivity index (χ1v) is 11.9. The smallest absolute Gasteiger partial charge is 0.338 e. The summed E-state index contributed by atoms with van der Waals surface area (Å²) in [6.07, 6.45) is 1.86. The van der Waals surface area contributed by atoms with Crippen LogP contribution in [0.1, 0.15) is 31.0 Å². The van der Waals surface area contributed by atoms with E-state index < -0.39 is 12.0 Å². The van der Waals surface area contributed by atoms with Gasteiger partial charge < -0.3 is 9.47 Å². The van der Waals surface area contributed by atoms with Gasteiger partial charge in [-0.1, -0.05) is 35.6 Å². The predicted octanol–water partition coefficient (Wildman–Crippen LogP) is 3.41. The van der Waals surface area contributed by atoms with Crippen LogP contribution in [-0.4, -0.2) is 24.3 Å². The Balaban J connectivity index is 1.93. The number of carbonyl (C=O) groups excluding carboxylic acids is 1. The largest absolute Gasteiger partial charge is 0.497 e. The van der Waals surface area contributed by atoms with Crippen molar-refractivity contribution < 1.29 is 14.3 Å². The first kappa shape index (κ1) is 22.5. The van der Waals surface area contributed by atoms with Gasteiger partial charge in [-0.2, -0.15) is 0 Å². The van der Waals surface area contributed by atoms with Crippen molar-refractivity contribution in [3.05, 3.63) is 94.2 Å². The van der Waals surface area contributed by atoms with Crippen LogP contribution in [0, 0.1) is 3.57 Å². The third-order valence-corrected chi connectivity index (χ3v) is 6.82. The maximum atomic E-state index is 13.5. The average Bonchev–Trinajstić information content (AvgIpc) is 3.09. The Labute approximate surface area is 202 Å². The van der Waals surface area contributed by atoms with Crippen LogP contribution in [0.25, 0.3) is 6.08 Å². The molecule has 3 aromatic rings. The fourth-order valence-corrected chi connectivity index (χ4v) is 5.01. The number of hydrogen-bond acceptors (Lipinski definition) is 6. The first-order valence-electron chi connectivity index (χ1n) is 10.0. The van der Waals surface area contributed by atoms with Crippen LogP contribution in [0.3, 0.4) is 0 Å². The highest BCUT2D eigenvalue weighted by atomic mass is 127. The number of halogens is 1. The molecule has 8 heteroatoms. The molecule has 1 atom stereocenters. The molecule has 0 aliphatic carbocycles. The summed E-state index contributed by atoms with van der Waals surface area (Å²) >= 11 is 3.56. The van der Waals surface area contributed by atoms with Crippen LogP contribution in [0.2, 0.25) is 0 Å². The summed E-state index contributed by atoms with van der Waals surface area (Å²) in [6, 6.07) is 14.6. The number of allylic oxidation sites excluding steroid dienone is 1. The molecule has 0 saturated carbocycles. The second kappa shape index (κ2) is 9.41. The number of ether oxygens (including phenoxy) is 2. The molecule has 1 aromatic heterocycles. The van der Waals surface area contributed by atoms with Crippen molar-refractivity contribution in [1.82, 2.24) is 4.57 Å². The number of methoxy groups -OCH3 is 1. The number of rotatable bonds is 5. The monoisotopic (exact) mass is 560 g/mol.